The molecule has 0 bridgehead atoms. The van der Waals surface area contributed by atoms with E-state index >= 15 is 0 Å². The van der Waals surface area contributed by atoms with Crippen LogP contribution in [0.3, 0.4) is 0 Å². The van der Waals surface area contributed by atoms with Crippen LogP contribution < -0.4 is 11.1 Å². The number of rotatable bonds is 5. The van der Waals surface area contributed by atoms with Gasteiger partial charge in [0, 0.05) is 32.2 Å². The summed E-state index contributed by atoms with van der Waals surface area (Å²) in [5, 5.41) is 3.80. The Balaban J connectivity index is 1.71. The predicted octanol–water partition coefficient (Wildman–Crippen LogP) is 1.44. The largest absolute Gasteiger partial charge is 0.329 e. The summed E-state index contributed by atoms with van der Waals surface area (Å²) < 4.78 is 0. The van der Waals surface area contributed by atoms with Gasteiger partial charge in [0.15, 0.2) is 0 Å². The van der Waals surface area contributed by atoms with Gasteiger partial charge in [-0.2, -0.15) is 0 Å². The fourth-order valence-corrected chi connectivity index (χ4v) is 3.52. The minimum absolute atomic E-state index is 0.700. The molecule has 1 aliphatic carbocycles. The van der Waals surface area contributed by atoms with Gasteiger partial charge in [-0.25, -0.2) is 0 Å². The zero-order chi connectivity index (χ0) is 12.1. The molecule has 2 atom stereocenters. The van der Waals surface area contributed by atoms with E-state index in [9.17, 15) is 0 Å². The summed E-state index contributed by atoms with van der Waals surface area (Å²) in [7, 11) is 0. The maximum atomic E-state index is 5.66. The first-order valence-electron chi connectivity index (χ1n) is 7.43. The number of hydrogen-bond donors (Lipinski definition) is 2. The fourth-order valence-electron chi connectivity index (χ4n) is 3.52. The van der Waals surface area contributed by atoms with Gasteiger partial charge in [0.2, 0.25) is 0 Å². The highest BCUT2D eigenvalue weighted by Gasteiger charge is 2.25. The molecule has 1 aliphatic heterocycles. The Hall–Kier alpha value is -0.120. The van der Waals surface area contributed by atoms with E-state index in [-0.39, 0.29) is 0 Å². The maximum absolute atomic E-state index is 5.66. The summed E-state index contributed by atoms with van der Waals surface area (Å²) in [6.07, 6.45) is 7.14. The van der Waals surface area contributed by atoms with Crippen LogP contribution in [0.15, 0.2) is 0 Å². The summed E-state index contributed by atoms with van der Waals surface area (Å²) in [4.78, 5) is 2.53. The summed E-state index contributed by atoms with van der Waals surface area (Å²) in [5.74, 6) is 1.77. The molecule has 1 saturated carbocycles. The fraction of sp³-hybridized carbons (Fsp3) is 1.00. The second-order valence-electron chi connectivity index (χ2n) is 6.14. The molecular formula is C14H29N3. The van der Waals surface area contributed by atoms with Gasteiger partial charge in [-0.05, 0) is 37.6 Å². The molecular weight excluding hydrogens is 210 g/mol. The highest BCUT2D eigenvalue weighted by atomic mass is 15.2. The van der Waals surface area contributed by atoms with E-state index in [0.717, 1.165) is 24.9 Å². The van der Waals surface area contributed by atoms with Crippen molar-refractivity contribution in [3.8, 4) is 0 Å². The van der Waals surface area contributed by atoms with Crippen LogP contribution in [0.1, 0.15) is 39.0 Å². The number of nitrogens with one attached hydrogen (secondary N) is 1. The summed E-state index contributed by atoms with van der Waals surface area (Å²) in [5.41, 5.74) is 5.66. The second kappa shape index (κ2) is 6.72. The Kier molecular flexibility index (Phi) is 5.26. The standard InChI is InChI=1S/C14H29N3/c1-12-8-14(11-17(10-12)7-6-15)16-9-13-4-2-3-5-13/h12-14,16H,2-11,15H2,1H3. The first-order valence-corrected chi connectivity index (χ1v) is 7.43. The van der Waals surface area contributed by atoms with E-state index in [0.29, 0.717) is 6.04 Å². The summed E-state index contributed by atoms with van der Waals surface area (Å²) in [6.45, 7) is 7.90. The van der Waals surface area contributed by atoms with Gasteiger partial charge in [-0.3, -0.25) is 0 Å². The third kappa shape index (κ3) is 4.23. The van der Waals surface area contributed by atoms with Crippen molar-refractivity contribution in [2.24, 2.45) is 17.6 Å². The van der Waals surface area contributed by atoms with Crippen LogP contribution in [0.5, 0.6) is 0 Å². The van der Waals surface area contributed by atoms with E-state index in [1.165, 1.54) is 51.7 Å². The molecule has 17 heavy (non-hydrogen) atoms. The van der Waals surface area contributed by atoms with Gasteiger partial charge in [0.1, 0.15) is 0 Å². The van der Waals surface area contributed by atoms with Crippen molar-refractivity contribution >= 4 is 0 Å². The van der Waals surface area contributed by atoms with Crippen molar-refractivity contribution < 1.29 is 0 Å². The molecule has 2 aliphatic rings. The van der Waals surface area contributed by atoms with Crippen molar-refractivity contribution in [3.05, 3.63) is 0 Å². The number of likely N-dealkylation sites (tertiary alicyclic amines) is 1. The number of piperidine rings is 1. The number of hydrogen-bond acceptors (Lipinski definition) is 3. The molecule has 3 heteroatoms. The van der Waals surface area contributed by atoms with Crippen LogP contribution in [0, 0.1) is 11.8 Å². The van der Waals surface area contributed by atoms with Crippen molar-refractivity contribution in [3.63, 3.8) is 0 Å². The number of nitrogens with two attached hydrogens (primary N) is 1. The molecule has 1 saturated heterocycles. The van der Waals surface area contributed by atoms with Crippen LogP contribution >= 0.6 is 0 Å². The lowest BCUT2D eigenvalue weighted by Crippen LogP contribution is -2.50. The zero-order valence-corrected chi connectivity index (χ0v) is 11.3. The molecule has 0 radical (unpaired) electrons. The third-order valence-electron chi connectivity index (χ3n) is 4.35. The molecule has 2 rings (SSSR count). The molecule has 0 aromatic heterocycles. The van der Waals surface area contributed by atoms with Crippen LogP contribution in [-0.2, 0) is 0 Å². The van der Waals surface area contributed by atoms with Crippen molar-refractivity contribution in [1.29, 1.82) is 0 Å². The van der Waals surface area contributed by atoms with E-state index in [2.05, 4.69) is 17.1 Å². The molecule has 3 N–H and O–H groups in total. The van der Waals surface area contributed by atoms with Crippen LogP contribution in [0.4, 0.5) is 0 Å². The highest BCUT2D eigenvalue weighted by molar-refractivity contribution is 4.83. The summed E-state index contributed by atoms with van der Waals surface area (Å²) in [6, 6.07) is 0.700. The average Bonchev–Trinajstić information content (AvgIpc) is 2.79. The lowest BCUT2D eigenvalue weighted by atomic mass is 9.95. The minimum atomic E-state index is 0.700. The van der Waals surface area contributed by atoms with Crippen LogP contribution in [-0.4, -0.2) is 43.7 Å². The van der Waals surface area contributed by atoms with E-state index in [1.807, 2.05) is 0 Å². The molecule has 0 aromatic rings. The summed E-state index contributed by atoms with van der Waals surface area (Å²) >= 11 is 0. The zero-order valence-electron chi connectivity index (χ0n) is 11.3. The number of nitrogens with zero attached hydrogens (tertiary/aromatic N) is 1. The quantitative estimate of drug-likeness (QED) is 0.763. The molecule has 100 valence electrons. The predicted molar refractivity (Wildman–Crippen MR) is 73.0 cm³/mol. The molecule has 2 fully saturated rings. The van der Waals surface area contributed by atoms with Gasteiger partial charge >= 0.3 is 0 Å². The van der Waals surface area contributed by atoms with E-state index < -0.39 is 0 Å². The van der Waals surface area contributed by atoms with Gasteiger partial charge in [-0.1, -0.05) is 19.8 Å². The lowest BCUT2D eigenvalue weighted by molar-refractivity contribution is 0.150. The Bertz CT molecular complexity index is 214. The minimum Gasteiger partial charge on any atom is -0.329 e. The van der Waals surface area contributed by atoms with Crippen molar-refractivity contribution in [2.45, 2.75) is 45.1 Å². The Labute approximate surface area is 106 Å². The molecule has 2 unspecified atom stereocenters. The second-order valence-corrected chi connectivity index (χ2v) is 6.14. The van der Waals surface area contributed by atoms with Gasteiger partial charge < -0.3 is 16.0 Å². The SMILES string of the molecule is CC1CC(NCC2CCCC2)CN(CCN)C1. The van der Waals surface area contributed by atoms with Crippen molar-refractivity contribution in [2.75, 3.05) is 32.7 Å². The Morgan fingerprint density at radius 1 is 1.24 bits per heavy atom. The Morgan fingerprint density at radius 2 is 2.00 bits per heavy atom. The van der Waals surface area contributed by atoms with E-state index in [1.54, 1.807) is 0 Å². The molecule has 3 nitrogen and oxygen atoms in total. The van der Waals surface area contributed by atoms with Crippen molar-refractivity contribution in [1.82, 2.24) is 10.2 Å². The van der Waals surface area contributed by atoms with Gasteiger partial charge in [-0.15, -0.1) is 0 Å². The lowest BCUT2D eigenvalue weighted by Gasteiger charge is -2.37. The topological polar surface area (TPSA) is 41.3 Å². The molecule has 0 amide bonds. The van der Waals surface area contributed by atoms with Crippen LogP contribution in [0.25, 0.3) is 0 Å². The first-order chi connectivity index (χ1) is 8.28. The maximum Gasteiger partial charge on any atom is 0.0198 e. The van der Waals surface area contributed by atoms with Crippen LogP contribution in [0.2, 0.25) is 0 Å². The molecule has 1 heterocycles. The van der Waals surface area contributed by atoms with Gasteiger partial charge in [0.05, 0.1) is 0 Å². The Morgan fingerprint density at radius 3 is 2.71 bits per heavy atom. The monoisotopic (exact) mass is 239 g/mol. The molecule has 0 aromatic carbocycles. The normalized spacial score (nSPS) is 32.1. The van der Waals surface area contributed by atoms with Gasteiger partial charge in [0.25, 0.3) is 0 Å². The third-order valence-corrected chi connectivity index (χ3v) is 4.35. The smallest absolute Gasteiger partial charge is 0.0198 e. The average molecular weight is 239 g/mol. The highest BCUT2D eigenvalue weighted by Crippen LogP contribution is 2.24. The molecule has 0 spiro atoms. The van der Waals surface area contributed by atoms with E-state index in [4.69, 9.17) is 5.73 Å². The first kappa shape index (κ1) is 13.3.